The van der Waals surface area contributed by atoms with Gasteiger partial charge in [0.25, 0.3) is 0 Å². The van der Waals surface area contributed by atoms with Crippen molar-refractivity contribution in [2.45, 2.75) is 13.8 Å². The number of benzene rings is 2. The molecule has 2 aromatic rings. The zero-order valence-electron chi connectivity index (χ0n) is 16.4. The lowest BCUT2D eigenvalue weighted by Crippen LogP contribution is -2.42. The average molecular weight is 382 g/mol. The Labute approximate surface area is 165 Å². The third-order valence-electron chi connectivity index (χ3n) is 4.13. The van der Waals surface area contributed by atoms with E-state index in [1.54, 1.807) is 24.3 Å². The molecular formula is C21H26N4O3. The molecule has 0 saturated carbocycles. The number of para-hydroxylation sites is 1. The minimum atomic E-state index is -0.273. The van der Waals surface area contributed by atoms with Gasteiger partial charge in [-0.2, -0.15) is 0 Å². The summed E-state index contributed by atoms with van der Waals surface area (Å²) < 4.78 is 0. The van der Waals surface area contributed by atoms with Crippen molar-refractivity contribution in [3.8, 4) is 0 Å². The molecule has 0 fully saturated rings. The predicted molar refractivity (Wildman–Crippen MR) is 111 cm³/mol. The molecule has 2 aromatic carbocycles. The first-order valence-corrected chi connectivity index (χ1v) is 9.10. The Hall–Kier alpha value is -3.35. The van der Waals surface area contributed by atoms with Crippen molar-refractivity contribution < 1.29 is 14.4 Å². The summed E-state index contributed by atoms with van der Waals surface area (Å²) in [6.45, 7) is 3.88. The van der Waals surface area contributed by atoms with Crippen LogP contribution in [-0.4, -0.2) is 49.3 Å². The molecule has 7 heteroatoms. The Bertz CT molecular complexity index is 806. The van der Waals surface area contributed by atoms with Crippen molar-refractivity contribution in [3.63, 3.8) is 0 Å². The monoisotopic (exact) mass is 382 g/mol. The molecule has 0 saturated heterocycles. The average Bonchev–Trinajstić information content (AvgIpc) is 2.67. The van der Waals surface area contributed by atoms with Gasteiger partial charge in [-0.25, -0.2) is 0 Å². The molecule has 0 unspecified atom stereocenters. The van der Waals surface area contributed by atoms with Crippen LogP contribution >= 0.6 is 0 Å². The first kappa shape index (κ1) is 21.0. The summed E-state index contributed by atoms with van der Waals surface area (Å²) >= 11 is 0. The van der Waals surface area contributed by atoms with Crippen LogP contribution in [0.4, 0.5) is 17.1 Å². The molecule has 0 bridgehead atoms. The van der Waals surface area contributed by atoms with Crippen molar-refractivity contribution >= 4 is 34.8 Å². The number of anilines is 3. The second-order valence-corrected chi connectivity index (χ2v) is 6.41. The maximum absolute atomic E-state index is 12.6. The summed E-state index contributed by atoms with van der Waals surface area (Å²) in [7, 11) is 1.85. The van der Waals surface area contributed by atoms with Crippen LogP contribution in [0.2, 0.25) is 0 Å². The van der Waals surface area contributed by atoms with Crippen molar-refractivity contribution in [3.05, 3.63) is 54.6 Å². The fraction of sp³-hybridized carbons (Fsp3) is 0.286. The summed E-state index contributed by atoms with van der Waals surface area (Å²) in [6, 6.07) is 16.4. The minimum absolute atomic E-state index is 0.0224. The number of nitrogens with one attached hydrogen (secondary N) is 2. The van der Waals surface area contributed by atoms with Crippen LogP contribution in [0.3, 0.4) is 0 Å². The minimum Gasteiger partial charge on any atom is -0.365 e. The van der Waals surface area contributed by atoms with Gasteiger partial charge in [0.15, 0.2) is 0 Å². The van der Waals surface area contributed by atoms with E-state index in [1.165, 1.54) is 11.8 Å². The lowest BCUT2D eigenvalue weighted by molar-refractivity contribution is -0.133. The highest BCUT2D eigenvalue weighted by atomic mass is 16.2. The van der Waals surface area contributed by atoms with Gasteiger partial charge in [-0.05, 0) is 43.3 Å². The molecule has 0 spiro atoms. The summed E-state index contributed by atoms with van der Waals surface area (Å²) in [6.07, 6.45) is 0. The largest absolute Gasteiger partial charge is 0.365 e. The highest BCUT2D eigenvalue weighted by molar-refractivity contribution is 5.95. The molecule has 0 radical (unpaired) electrons. The highest BCUT2D eigenvalue weighted by Gasteiger charge is 2.17. The van der Waals surface area contributed by atoms with Crippen LogP contribution < -0.4 is 15.5 Å². The molecule has 28 heavy (non-hydrogen) atoms. The van der Waals surface area contributed by atoms with E-state index in [1.807, 2.05) is 49.2 Å². The summed E-state index contributed by atoms with van der Waals surface area (Å²) in [5.41, 5.74) is 2.19. The fourth-order valence-electron chi connectivity index (χ4n) is 2.67. The van der Waals surface area contributed by atoms with Crippen molar-refractivity contribution in [1.82, 2.24) is 4.90 Å². The number of amides is 3. The summed E-state index contributed by atoms with van der Waals surface area (Å²) in [5.74, 6) is -0.552. The molecule has 2 rings (SSSR count). The Morgan fingerprint density at radius 3 is 1.96 bits per heavy atom. The maximum Gasteiger partial charge on any atom is 0.243 e. The normalized spacial score (nSPS) is 10.1. The van der Waals surface area contributed by atoms with Gasteiger partial charge >= 0.3 is 0 Å². The van der Waals surface area contributed by atoms with Crippen molar-refractivity contribution in [2.75, 3.05) is 42.2 Å². The Morgan fingerprint density at radius 1 is 0.857 bits per heavy atom. The number of hydrogen-bond acceptors (Lipinski definition) is 4. The second kappa shape index (κ2) is 10.1. The number of nitrogens with zero attached hydrogens (tertiary/aromatic N) is 2. The van der Waals surface area contributed by atoms with E-state index in [2.05, 4.69) is 10.6 Å². The van der Waals surface area contributed by atoms with E-state index < -0.39 is 0 Å². The molecular weight excluding hydrogens is 356 g/mol. The van der Waals surface area contributed by atoms with Crippen molar-refractivity contribution in [2.24, 2.45) is 0 Å². The van der Waals surface area contributed by atoms with Crippen LogP contribution in [0.1, 0.15) is 13.8 Å². The molecule has 2 N–H and O–H groups in total. The smallest absolute Gasteiger partial charge is 0.243 e. The van der Waals surface area contributed by atoms with E-state index in [0.29, 0.717) is 17.9 Å². The number of carbonyl (C=O) groups excluding carboxylic acids is 3. The topological polar surface area (TPSA) is 81.8 Å². The maximum atomic E-state index is 12.6. The van der Waals surface area contributed by atoms with Gasteiger partial charge in [-0.1, -0.05) is 18.2 Å². The molecule has 7 nitrogen and oxygen atoms in total. The predicted octanol–water partition coefficient (Wildman–Crippen LogP) is 2.57. The molecule has 3 amide bonds. The lowest BCUT2D eigenvalue weighted by Gasteiger charge is -2.25. The number of hydrogen-bond donors (Lipinski definition) is 2. The van der Waals surface area contributed by atoms with Gasteiger partial charge < -0.3 is 20.4 Å². The van der Waals surface area contributed by atoms with E-state index in [4.69, 9.17) is 0 Å². The van der Waals surface area contributed by atoms with Crippen LogP contribution in [0.25, 0.3) is 0 Å². The molecule has 0 aromatic heterocycles. The summed E-state index contributed by atoms with van der Waals surface area (Å²) in [4.78, 5) is 39.3. The first-order chi connectivity index (χ1) is 13.4. The second-order valence-electron chi connectivity index (χ2n) is 6.41. The number of likely N-dealkylation sites (N-methyl/N-ethyl adjacent to an activating group) is 2. The third kappa shape index (κ3) is 6.42. The van der Waals surface area contributed by atoms with Gasteiger partial charge in [-0.15, -0.1) is 0 Å². The molecule has 0 atom stereocenters. The molecule has 0 aliphatic carbocycles. The van der Waals surface area contributed by atoms with E-state index in [-0.39, 0.29) is 30.8 Å². The van der Waals surface area contributed by atoms with Gasteiger partial charge in [0, 0.05) is 37.6 Å². The Balaban J connectivity index is 1.89. The highest BCUT2D eigenvalue weighted by Crippen LogP contribution is 2.14. The zero-order valence-corrected chi connectivity index (χ0v) is 16.4. The first-order valence-electron chi connectivity index (χ1n) is 9.10. The third-order valence-corrected chi connectivity index (χ3v) is 4.13. The standard InChI is InChI=1S/C21H26N4O3/c1-4-25(21(28)15-24(3)19-8-6-5-7-9-19)14-20(27)23-18-12-10-17(11-13-18)22-16(2)26/h5-13H,4,14-15H2,1-3H3,(H,22,26)(H,23,27). The quantitative estimate of drug-likeness (QED) is 0.735. The van der Waals surface area contributed by atoms with Crippen LogP contribution in [0.5, 0.6) is 0 Å². The number of carbonyl (C=O) groups is 3. The van der Waals surface area contributed by atoms with Crippen molar-refractivity contribution in [1.29, 1.82) is 0 Å². The fourth-order valence-corrected chi connectivity index (χ4v) is 2.67. The Morgan fingerprint density at radius 2 is 1.43 bits per heavy atom. The molecule has 0 heterocycles. The summed E-state index contributed by atoms with van der Waals surface area (Å²) in [5, 5.41) is 5.43. The van der Waals surface area contributed by atoms with Gasteiger partial charge in [0.2, 0.25) is 17.7 Å². The zero-order chi connectivity index (χ0) is 20.5. The van der Waals surface area contributed by atoms with Crippen LogP contribution in [0, 0.1) is 0 Å². The number of rotatable bonds is 8. The van der Waals surface area contributed by atoms with E-state index in [9.17, 15) is 14.4 Å². The van der Waals surface area contributed by atoms with Crippen LogP contribution in [-0.2, 0) is 14.4 Å². The molecule has 148 valence electrons. The van der Waals surface area contributed by atoms with E-state index in [0.717, 1.165) is 5.69 Å². The SMILES string of the molecule is CCN(CC(=O)Nc1ccc(NC(C)=O)cc1)C(=O)CN(C)c1ccccc1. The van der Waals surface area contributed by atoms with Gasteiger partial charge in [0.1, 0.15) is 0 Å². The van der Waals surface area contributed by atoms with Gasteiger partial charge in [-0.3, -0.25) is 14.4 Å². The lowest BCUT2D eigenvalue weighted by atomic mass is 10.2. The van der Waals surface area contributed by atoms with Gasteiger partial charge in [0.05, 0.1) is 13.1 Å². The molecule has 0 aliphatic rings. The Kier molecular flexibility index (Phi) is 7.56. The van der Waals surface area contributed by atoms with Crippen LogP contribution in [0.15, 0.2) is 54.6 Å². The molecule has 0 aliphatic heterocycles. The van der Waals surface area contributed by atoms with E-state index >= 15 is 0 Å².